The number of nitrogens with zero attached hydrogens (tertiary/aromatic N) is 3. The van der Waals surface area contributed by atoms with E-state index in [1.807, 2.05) is 38.1 Å². The summed E-state index contributed by atoms with van der Waals surface area (Å²) in [6, 6.07) is 18.5. The molecular weight excluding hydrogens is 646 g/mol. The Labute approximate surface area is 281 Å². The lowest BCUT2D eigenvalue weighted by Crippen LogP contribution is -2.29. The highest BCUT2D eigenvalue weighted by molar-refractivity contribution is 8.00. The third-order valence-electron chi connectivity index (χ3n) is 7.13. The number of aromatic nitrogens is 2. The number of ether oxygens (including phenoxy) is 3. The quantitative estimate of drug-likeness (QED) is 0.0353. The molecule has 1 saturated heterocycles. The number of hydrogen-bond acceptors (Lipinski definition) is 10. The molecule has 0 bridgehead atoms. The zero-order valence-corrected chi connectivity index (χ0v) is 28.1. The second-order valence-corrected chi connectivity index (χ2v) is 12.8. The van der Waals surface area contributed by atoms with Gasteiger partial charge in [-0.3, -0.25) is 14.5 Å². The number of benzene rings is 3. The molecule has 1 unspecified atom stereocenters. The largest absolute Gasteiger partial charge is 0.507 e. The van der Waals surface area contributed by atoms with Gasteiger partial charge in [0.1, 0.15) is 11.5 Å². The van der Waals surface area contributed by atoms with Gasteiger partial charge in [-0.15, -0.1) is 10.2 Å². The number of thioether (sulfide) groups is 1. The molecule has 0 saturated carbocycles. The van der Waals surface area contributed by atoms with Gasteiger partial charge in [0.2, 0.25) is 5.13 Å². The molecule has 240 valence electrons. The number of amides is 1. The Kier molecular flexibility index (Phi) is 11.2. The number of hydrogen-bond donors (Lipinski definition) is 1. The molecule has 5 rings (SSSR count). The van der Waals surface area contributed by atoms with Crippen LogP contribution in [0.1, 0.15) is 56.3 Å². The predicted octanol–water partition coefficient (Wildman–Crippen LogP) is 8.09. The summed E-state index contributed by atoms with van der Waals surface area (Å²) in [5.41, 5.74) is 1.77. The van der Waals surface area contributed by atoms with E-state index >= 15 is 0 Å². The van der Waals surface area contributed by atoms with Gasteiger partial charge in [0.05, 0.1) is 31.4 Å². The summed E-state index contributed by atoms with van der Waals surface area (Å²) in [7, 11) is 0. The summed E-state index contributed by atoms with van der Waals surface area (Å²) in [5, 5.41) is 21.0. The summed E-state index contributed by atoms with van der Waals surface area (Å²) in [6.45, 7) is 7.20. The van der Waals surface area contributed by atoms with E-state index < -0.39 is 17.7 Å². The smallest absolute Gasteiger partial charge is 0.301 e. The van der Waals surface area contributed by atoms with Crippen LogP contribution in [0.4, 0.5) is 5.13 Å². The maximum Gasteiger partial charge on any atom is 0.301 e. The van der Waals surface area contributed by atoms with Crippen LogP contribution in [0.2, 0.25) is 5.02 Å². The summed E-state index contributed by atoms with van der Waals surface area (Å²) in [4.78, 5) is 28.7. The molecule has 1 N–H and O–H groups in total. The third-order valence-corrected chi connectivity index (χ3v) is 9.61. The van der Waals surface area contributed by atoms with Crippen LogP contribution in [0.5, 0.6) is 17.2 Å². The Balaban J connectivity index is 1.57. The van der Waals surface area contributed by atoms with E-state index in [0.717, 1.165) is 18.4 Å². The first-order chi connectivity index (χ1) is 22.4. The molecule has 12 heteroatoms. The van der Waals surface area contributed by atoms with Crippen LogP contribution in [0.15, 0.2) is 76.6 Å². The average molecular weight is 680 g/mol. The fourth-order valence-corrected chi connectivity index (χ4v) is 7.05. The molecule has 1 aliphatic heterocycles. The third kappa shape index (κ3) is 7.32. The van der Waals surface area contributed by atoms with E-state index in [4.69, 9.17) is 25.8 Å². The molecule has 1 amide bonds. The highest BCUT2D eigenvalue weighted by Crippen LogP contribution is 2.46. The van der Waals surface area contributed by atoms with Crippen molar-refractivity contribution in [1.82, 2.24) is 10.2 Å². The Hall–Kier alpha value is -4.06. The zero-order valence-electron chi connectivity index (χ0n) is 25.7. The van der Waals surface area contributed by atoms with E-state index in [1.54, 1.807) is 42.5 Å². The van der Waals surface area contributed by atoms with Crippen molar-refractivity contribution in [2.75, 3.05) is 24.7 Å². The first-order valence-corrected chi connectivity index (χ1v) is 17.2. The first kappa shape index (κ1) is 33.3. The minimum Gasteiger partial charge on any atom is -0.507 e. The highest BCUT2D eigenvalue weighted by atomic mass is 35.5. The average Bonchev–Trinajstić information content (AvgIpc) is 3.63. The van der Waals surface area contributed by atoms with Gasteiger partial charge in [-0.2, -0.15) is 0 Å². The van der Waals surface area contributed by atoms with Gasteiger partial charge in [-0.1, -0.05) is 72.3 Å². The lowest BCUT2D eigenvalue weighted by molar-refractivity contribution is -0.132. The highest BCUT2D eigenvalue weighted by Gasteiger charge is 2.48. The zero-order chi connectivity index (χ0) is 32.6. The Morgan fingerprint density at radius 2 is 1.72 bits per heavy atom. The van der Waals surface area contributed by atoms with Gasteiger partial charge >= 0.3 is 5.91 Å². The minimum absolute atomic E-state index is 0.0725. The standard InChI is InChI=1S/C34H34ClN3O6S2/c1-4-7-18-44-26-17-14-22(19-27(26)43-6-3)29-28(30(39)21-12-15-24(16-13-21)42-5-2)31(40)32(41)38(29)33-36-37-34(46-33)45-20-23-10-8-9-11-25(23)35/h8-17,19,29,39H,4-7,18,20H2,1-3H3. The molecule has 1 fully saturated rings. The Morgan fingerprint density at radius 1 is 0.957 bits per heavy atom. The number of halogens is 1. The number of rotatable bonds is 14. The van der Waals surface area contributed by atoms with Crippen molar-refractivity contribution >= 4 is 57.3 Å². The van der Waals surface area contributed by atoms with Crippen LogP contribution in [0.3, 0.4) is 0 Å². The van der Waals surface area contributed by atoms with Crippen LogP contribution in [-0.2, 0) is 15.3 Å². The summed E-state index contributed by atoms with van der Waals surface area (Å²) >= 11 is 8.94. The maximum atomic E-state index is 13.7. The van der Waals surface area contributed by atoms with Crippen LogP contribution in [0, 0.1) is 0 Å². The normalized spacial score (nSPS) is 15.7. The number of carbonyl (C=O) groups is 2. The van der Waals surface area contributed by atoms with E-state index in [0.29, 0.717) is 63.3 Å². The van der Waals surface area contributed by atoms with Gasteiger partial charge < -0.3 is 19.3 Å². The van der Waals surface area contributed by atoms with Gasteiger partial charge in [0, 0.05) is 16.3 Å². The Bertz CT molecular complexity index is 1730. The number of ketones is 1. The monoisotopic (exact) mass is 679 g/mol. The van der Waals surface area contributed by atoms with Crippen LogP contribution < -0.4 is 19.1 Å². The van der Waals surface area contributed by atoms with Crippen molar-refractivity contribution in [2.45, 2.75) is 49.7 Å². The maximum absolute atomic E-state index is 13.7. The minimum atomic E-state index is -1.01. The number of anilines is 1. The summed E-state index contributed by atoms with van der Waals surface area (Å²) < 4.78 is 18.0. The molecule has 1 aliphatic rings. The fourth-order valence-electron chi connectivity index (χ4n) is 4.90. The molecule has 2 heterocycles. The first-order valence-electron chi connectivity index (χ1n) is 15.0. The van der Waals surface area contributed by atoms with Crippen molar-refractivity contribution in [3.63, 3.8) is 0 Å². The van der Waals surface area contributed by atoms with Crippen LogP contribution >= 0.6 is 34.7 Å². The van der Waals surface area contributed by atoms with Crippen molar-refractivity contribution in [2.24, 2.45) is 0 Å². The van der Waals surface area contributed by atoms with E-state index in [9.17, 15) is 14.7 Å². The topological polar surface area (TPSA) is 111 Å². The molecule has 1 aromatic heterocycles. The van der Waals surface area contributed by atoms with E-state index in [2.05, 4.69) is 17.1 Å². The molecule has 1 atom stereocenters. The number of unbranched alkanes of at least 4 members (excludes halogenated alkanes) is 1. The molecule has 0 aliphatic carbocycles. The van der Waals surface area contributed by atoms with Gasteiger partial charge in [0.15, 0.2) is 15.8 Å². The van der Waals surface area contributed by atoms with Gasteiger partial charge in [-0.05, 0) is 73.9 Å². The lowest BCUT2D eigenvalue weighted by atomic mass is 9.95. The number of carbonyl (C=O) groups excluding carboxylic acids is 2. The second-order valence-electron chi connectivity index (χ2n) is 10.2. The van der Waals surface area contributed by atoms with Crippen LogP contribution in [0.25, 0.3) is 5.76 Å². The Morgan fingerprint density at radius 3 is 2.43 bits per heavy atom. The van der Waals surface area contributed by atoms with E-state index in [1.165, 1.54) is 28.0 Å². The van der Waals surface area contributed by atoms with Crippen molar-refractivity contribution in [3.05, 3.63) is 94.0 Å². The molecule has 46 heavy (non-hydrogen) atoms. The molecule has 9 nitrogen and oxygen atoms in total. The molecule has 0 spiro atoms. The molecule has 4 aromatic rings. The van der Waals surface area contributed by atoms with Crippen LogP contribution in [-0.4, -0.2) is 46.8 Å². The number of aliphatic hydroxyl groups excluding tert-OH is 1. The van der Waals surface area contributed by atoms with Crippen molar-refractivity contribution in [3.8, 4) is 17.2 Å². The second kappa shape index (κ2) is 15.5. The molecule has 0 radical (unpaired) electrons. The van der Waals surface area contributed by atoms with E-state index in [-0.39, 0.29) is 16.5 Å². The van der Waals surface area contributed by atoms with Gasteiger partial charge in [0.25, 0.3) is 5.78 Å². The number of Topliss-reactive ketones (excluding diaryl/α,β-unsaturated/α-hetero) is 1. The number of aliphatic hydroxyl groups is 1. The predicted molar refractivity (Wildman–Crippen MR) is 181 cm³/mol. The summed E-state index contributed by atoms with van der Waals surface area (Å²) in [6.07, 6.45) is 1.85. The lowest BCUT2D eigenvalue weighted by Gasteiger charge is -2.23. The SMILES string of the molecule is CCCCOc1ccc(C2C(=C(O)c3ccc(OCC)cc3)C(=O)C(=O)N2c2nnc(SCc3ccccc3Cl)s2)cc1OCC. The fraction of sp³-hybridized carbons (Fsp3) is 0.294. The molecular formula is C34H34ClN3O6S2. The molecule has 3 aromatic carbocycles. The van der Waals surface area contributed by atoms with Gasteiger partial charge in [-0.25, -0.2) is 0 Å². The van der Waals surface area contributed by atoms with Crippen molar-refractivity contribution in [1.29, 1.82) is 0 Å². The summed E-state index contributed by atoms with van der Waals surface area (Å²) in [5.74, 6) is 0.217. The van der Waals surface area contributed by atoms with Crippen molar-refractivity contribution < 1.29 is 28.9 Å².